The summed E-state index contributed by atoms with van der Waals surface area (Å²) < 4.78 is 18.1. The topological polar surface area (TPSA) is 53.2 Å². The van der Waals surface area contributed by atoms with Crippen LogP contribution in [0.15, 0.2) is 18.2 Å². The lowest BCUT2D eigenvalue weighted by atomic mass is 10.2. The van der Waals surface area contributed by atoms with E-state index in [4.69, 9.17) is 15.1 Å². The second-order valence-electron chi connectivity index (χ2n) is 2.65. The average molecular weight is 195 g/mol. The molecule has 3 nitrogen and oxygen atoms in total. The fourth-order valence-electron chi connectivity index (χ4n) is 0.980. The molecule has 74 valence electrons. The van der Waals surface area contributed by atoms with E-state index in [1.807, 2.05) is 0 Å². The van der Waals surface area contributed by atoms with E-state index in [1.165, 1.54) is 18.2 Å². The summed E-state index contributed by atoms with van der Waals surface area (Å²) in [7, 11) is 0. The molecule has 0 unspecified atom stereocenters. The first-order valence-electron chi connectivity index (χ1n) is 4.22. The van der Waals surface area contributed by atoms with E-state index >= 15 is 0 Å². The smallest absolute Gasteiger partial charge is 0.144 e. The van der Waals surface area contributed by atoms with E-state index in [9.17, 15) is 4.39 Å². The maximum Gasteiger partial charge on any atom is 0.144 e. The summed E-state index contributed by atoms with van der Waals surface area (Å²) in [5, 5.41) is 17.1. The number of aliphatic hydroxyl groups excluding tert-OH is 1. The van der Waals surface area contributed by atoms with Crippen LogP contribution in [0.2, 0.25) is 0 Å². The summed E-state index contributed by atoms with van der Waals surface area (Å²) in [5.74, 6) is -0.366. The third kappa shape index (κ3) is 2.44. The highest BCUT2D eigenvalue weighted by atomic mass is 19.1. The highest BCUT2D eigenvalue weighted by molar-refractivity contribution is 5.43. The predicted octanol–water partition coefficient (Wildman–Crippen LogP) is 1.46. The molecule has 0 aliphatic carbocycles. The molecular formula is C10H10FNO2. The quantitative estimate of drug-likeness (QED) is 0.740. The van der Waals surface area contributed by atoms with E-state index in [1.54, 1.807) is 6.07 Å². The van der Waals surface area contributed by atoms with Crippen LogP contribution in [-0.4, -0.2) is 18.3 Å². The Balaban J connectivity index is 2.76. The van der Waals surface area contributed by atoms with Crippen molar-refractivity contribution in [2.24, 2.45) is 0 Å². The van der Waals surface area contributed by atoms with Crippen LogP contribution < -0.4 is 4.74 Å². The molecular weight excluding hydrogens is 185 g/mol. The molecule has 4 heteroatoms. The first-order valence-corrected chi connectivity index (χ1v) is 4.22. The molecule has 0 fully saturated rings. The van der Waals surface area contributed by atoms with Gasteiger partial charge in [0.2, 0.25) is 0 Å². The van der Waals surface area contributed by atoms with Crippen LogP contribution in [0.1, 0.15) is 12.0 Å². The normalized spacial score (nSPS) is 9.50. The zero-order valence-electron chi connectivity index (χ0n) is 7.53. The van der Waals surface area contributed by atoms with Gasteiger partial charge in [0.15, 0.2) is 0 Å². The molecule has 1 aromatic rings. The number of nitrogens with zero attached hydrogens (tertiary/aromatic N) is 1. The first-order chi connectivity index (χ1) is 6.79. The molecule has 14 heavy (non-hydrogen) atoms. The van der Waals surface area contributed by atoms with E-state index < -0.39 is 5.82 Å². The minimum Gasteiger partial charge on any atom is -0.492 e. The summed E-state index contributed by atoms with van der Waals surface area (Å²) in [4.78, 5) is 0. The van der Waals surface area contributed by atoms with Crippen molar-refractivity contribution in [3.8, 4) is 11.8 Å². The predicted molar refractivity (Wildman–Crippen MR) is 48.3 cm³/mol. The van der Waals surface area contributed by atoms with Gasteiger partial charge in [-0.3, -0.25) is 0 Å². The third-order valence-electron chi connectivity index (χ3n) is 1.65. The summed E-state index contributed by atoms with van der Waals surface area (Å²) >= 11 is 0. The van der Waals surface area contributed by atoms with Crippen molar-refractivity contribution < 1.29 is 14.2 Å². The van der Waals surface area contributed by atoms with E-state index in [-0.39, 0.29) is 24.5 Å². The fourth-order valence-corrected chi connectivity index (χ4v) is 0.980. The van der Waals surface area contributed by atoms with Crippen molar-refractivity contribution in [3.63, 3.8) is 0 Å². The van der Waals surface area contributed by atoms with Crippen LogP contribution >= 0.6 is 0 Å². The third-order valence-corrected chi connectivity index (χ3v) is 1.65. The molecule has 0 bridgehead atoms. The number of aliphatic hydroxyl groups is 1. The molecule has 0 radical (unpaired) electrons. The Morgan fingerprint density at radius 1 is 1.50 bits per heavy atom. The van der Waals surface area contributed by atoms with E-state index in [0.29, 0.717) is 6.42 Å². The second-order valence-corrected chi connectivity index (χ2v) is 2.65. The first kappa shape index (κ1) is 10.5. The summed E-state index contributed by atoms with van der Waals surface area (Å²) in [6, 6.07) is 5.94. The average Bonchev–Trinajstić information content (AvgIpc) is 2.18. The fraction of sp³-hybridized carbons (Fsp3) is 0.300. The minimum atomic E-state index is -0.589. The van der Waals surface area contributed by atoms with Crippen LogP contribution in [0.3, 0.4) is 0 Å². The van der Waals surface area contributed by atoms with Crippen molar-refractivity contribution in [1.82, 2.24) is 0 Å². The van der Waals surface area contributed by atoms with Gasteiger partial charge in [-0.2, -0.15) is 5.26 Å². The summed E-state index contributed by atoms with van der Waals surface area (Å²) in [6.07, 6.45) is 0.460. The molecule has 0 saturated carbocycles. The number of hydrogen-bond acceptors (Lipinski definition) is 3. The molecule has 0 saturated heterocycles. The van der Waals surface area contributed by atoms with Gasteiger partial charge in [0.05, 0.1) is 6.61 Å². The lowest BCUT2D eigenvalue weighted by Gasteiger charge is -2.06. The number of nitriles is 1. The largest absolute Gasteiger partial charge is 0.492 e. The Hall–Kier alpha value is -1.60. The number of hydrogen-bond donors (Lipinski definition) is 1. The SMILES string of the molecule is N#Cc1c(F)cccc1OCCCO. The van der Waals surface area contributed by atoms with Gasteiger partial charge in [-0.05, 0) is 12.1 Å². The van der Waals surface area contributed by atoms with Gasteiger partial charge < -0.3 is 9.84 Å². The molecule has 0 atom stereocenters. The summed E-state index contributed by atoms with van der Waals surface area (Å²) in [5.41, 5.74) is -0.0922. The lowest BCUT2D eigenvalue weighted by molar-refractivity contribution is 0.233. The van der Waals surface area contributed by atoms with E-state index in [0.717, 1.165) is 0 Å². The van der Waals surface area contributed by atoms with Gasteiger partial charge in [0.1, 0.15) is 23.2 Å². The minimum absolute atomic E-state index is 0.0111. The van der Waals surface area contributed by atoms with Crippen molar-refractivity contribution in [2.75, 3.05) is 13.2 Å². The molecule has 0 heterocycles. The van der Waals surface area contributed by atoms with Gasteiger partial charge in [-0.15, -0.1) is 0 Å². The zero-order chi connectivity index (χ0) is 10.4. The molecule has 0 aromatic heterocycles. The molecule has 0 spiro atoms. The lowest BCUT2D eigenvalue weighted by Crippen LogP contribution is -2.02. The molecule has 1 rings (SSSR count). The Morgan fingerprint density at radius 2 is 2.29 bits per heavy atom. The van der Waals surface area contributed by atoms with Crippen LogP contribution in [0.25, 0.3) is 0 Å². The highest BCUT2D eigenvalue weighted by Crippen LogP contribution is 2.20. The standard InChI is InChI=1S/C10H10FNO2/c11-9-3-1-4-10(8(9)7-12)14-6-2-5-13/h1,3-4,13H,2,5-6H2. The monoisotopic (exact) mass is 195 g/mol. The van der Waals surface area contributed by atoms with Gasteiger partial charge in [-0.1, -0.05) is 6.07 Å². The van der Waals surface area contributed by atoms with Crippen LogP contribution in [0.4, 0.5) is 4.39 Å². The second kappa shape index (κ2) is 5.20. The molecule has 1 N–H and O–H groups in total. The maximum atomic E-state index is 13.0. The number of halogens is 1. The van der Waals surface area contributed by atoms with Crippen LogP contribution in [-0.2, 0) is 0 Å². The highest BCUT2D eigenvalue weighted by Gasteiger charge is 2.07. The molecule has 0 amide bonds. The zero-order valence-corrected chi connectivity index (χ0v) is 7.53. The Labute approximate surface area is 81.4 Å². The maximum absolute atomic E-state index is 13.0. The summed E-state index contributed by atoms with van der Waals surface area (Å²) in [6.45, 7) is 0.284. The number of rotatable bonds is 4. The molecule has 0 aliphatic heterocycles. The Kier molecular flexibility index (Phi) is 3.89. The van der Waals surface area contributed by atoms with Crippen molar-refractivity contribution >= 4 is 0 Å². The van der Waals surface area contributed by atoms with Gasteiger partial charge in [-0.25, -0.2) is 4.39 Å². The van der Waals surface area contributed by atoms with Crippen LogP contribution in [0.5, 0.6) is 5.75 Å². The van der Waals surface area contributed by atoms with Crippen molar-refractivity contribution in [3.05, 3.63) is 29.6 Å². The Bertz CT molecular complexity index is 346. The molecule has 1 aromatic carbocycles. The van der Waals surface area contributed by atoms with E-state index in [2.05, 4.69) is 0 Å². The van der Waals surface area contributed by atoms with Crippen LogP contribution in [0, 0.1) is 17.1 Å². The van der Waals surface area contributed by atoms with Gasteiger partial charge >= 0.3 is 0 Å². The van der Waals surface area contributed by atoms with Gasteiger partial charge in [0, 0.05) is 13.0 Å². The Morgan fingerprint density at radius 3 is 2.93 bits per heavy atom. The van der Waals surface area contributed by atoms with Gasteiger partial charge in [0.25, 0.3) is 0 Å². The molecule has 0 aliphatic rings. The number of ether oxygens (including phenoxy) is 1. The van der Waals surface area contributed by atoms with Crippen molar-refractivity contribution in [2.45, 2.75) is 6.42 Å². The number of benzene rings is 1. The van der Waals surface area contributed by atoms with Crippen molar-refractivity contribution in [1.29, 1.82) is 5.26 Å².